The average molecular weight is 653 g/mol. The molecule has 3 rings (SSSR count). The smallest absolute Gasteiger partial charge is 0.203 e. The standard InChI is InChI=1S/C40H48N2O6/c1-29-36(44-3)23-30(24-37(29)45-4)21-34(27-41)32-15-17-33(18-16-32)35(28-42)22-31-25-38(46-5)40(39(26-31)47-6)48-20-14-12-10-8-7-9-11-13-19-43-2/h15-18,21-26H,7-14,19-20H2,1-6H3. The van der Waals surface area contributed by atoms with Gasteiger partial charge in [-0.3, -0.25) is 0 Å². The van der Waals surface area contributed by atoms with Gasteiger partial charge in [-0.1, -0.05) is 62.8 Å². The fourth-order valence-corrected chi connectivity index (χ4v) is 5.42. The summed E-state index contributed by atoms with van der Waals surface area (Å²) >= 11 is 0. The summed E-state index contributed by atoms with van der Waals surface area (Å²) in [7, 11) is 8.14. The third kappa shape index (κ3) is 10.8. The summed E-state index contributed by atoms with van der Waals surface area (Å²) in [6.45, 7) is 3.33. The predicted octanol–water partition coefficient (Wildman–Crippen LogP) is 9.30. The van der Waals surface area contributed by atoms with Crippen LogP contribution in [0.5, 0.6) is 28.7 Å². The molecule has 0 saturated carbocycles. The molecule has 0 unspecified atom stereocenters. The molecule has 8 nitrogen and oxygen atoms in total. The molecule has 0 aliphatic heterocycles. The zero-order chi connectivity index (χ0) is 34.7. The molecular formula is C40H48N2O6. The lowest BCUT2D eigenvalue weighted by atomic mass is 9.98. The zero-order valence-electron chi connectivity index (χ0n) is 29.2. The first-order valence-corrected chi connectivity index (χ1v) is 16.4. The lowest BCUT2D eigenvalue weighted by Gasteiger charge is -2.15. The molecule has 0 aliphatic rings. The van der Waals surface area contributed by atoms with E-state index in [0.29, 0.717) is 52.1 Å². The van der Waals surface area contributed by atoms with E-state index in [1.165, 1.54) is 32.1 Å². The Kier molecular flexibility index (Phi) is 15.9. The van der Waals surface area contributed by atoms with E-state index >= 15 is 0 Å². The van der Waals surface area contributed by atoms with Crippen LogP contribution in [0.15, 0.2) is 48.5 Å². The summed E-state index contributed by atoms with van der Waals surface area (Å²) in [5.41, 5.74) is 4.76. The van der Waals surface area contributed by atoms with Crippen molar-refractivity contribution in [3.63, 3.8) is 0 Å². The fourth-order valence-electron chi connectivity index (χ4n) is 5.42. The zero-order valence-corrected chi connectivity index (χ0v) is 29.2. The molecule has 3 aromatic carbocycles. The van der Waals surface area contributed by atoms with Gasteiger partial charge >= 0.3 is 0 Å². The quantitative estimate of drug-likeness (QED) is 0.0676. The van der Waals surface area contributed by atoms with E-state index < -0.39 is 0 Å². The molecule has 0 bridgehead atoms. The number of benzene rings is 3. The lowest BCUT2D eigenvalue weighted by Crippen LogP contribution is -2.02. The highest BCUT2D eigenvalue weighted by Gasteiger charge is 2.15. The minimum atomic E-state index is 0.452. The minimum absolute atomic E-state index is 0.452. The molecule has 0 spiro atoms. The molecule has 0 heterocycles. The van der Waals surface area contributed by atoms with Gasteiger partial charge in [0.1, 0.15) is 11.5 Å². The van der Waals surface area contributed by atoms with Crippen molar-refractivity contribution in [3.8, 4) is 40.9 Å². The molecule has 0 fully saturated rings. The van der Waals surface area contributed by atoms with Crippen LogP contribution in [-0.4, -0.2) is 48.8 Å². The first-order valence-electron chi connectivity index (χ1n) is 16.4. The molecule has 0 aromatic heterocycles. The molecule has 0 saturated heterocycles. The first kappa shape index (κ1) is 37.5. The van der Waals surface area contributed by atoms with Crippen LogP contribution < -0.4 is 23.7 Å². The molecule has 0 aliphatic carbocycles. The van der Waals surface area contributed by atoms with Crippen molar-refractivity contribution in [3.05, 3.63) is 76.3 Å². The SMILES string of the molecule is COCCCCCCCCCCOc1c(OC)cc(C=C(C#N)c2ccc(C(C#N)=Cc3cc(OC)c(C)c(OC)c3)cc2)cc1OC. The van der Waals surface area contributed by atoms with Gasteiger partial charge in [-0.2, -0.15) is 10.5 Å². The van der Waals surface area contributed by atoms with E-state index in [4.69, 9.17) is 28.4 Å². The van der Waals surface area contributed by atoms with Crippen molar-refractivity contribution in [1.82, 2.24) is 0 Å². The number of unbranched alkanes of at least 4 members (excludes halogenated alkanes) is 7. The highest BCUT2D eigenvalue weighted by Crippen LogP contribution is 2.40. The van der Waals surface area contributed by atoms with Crippen LogP contribution in [0.4, 0.5) is 0 Å². The van der Waals surface area contributed by atoms with E-state index in [9.17, 15) is 10.5 Å². The Bertz CT molecular complexity index is 1560. The normalized spacial score (nSPS) is 11.4. The van der Waals surface area contributed by atoms with Crippen LogP contribution in [0.1, 0.15) is 79.2 Å². The van der Waals surface area contributed by atoms with Gasteiger partial charge in [-0.25, -0.2) is 0 Å². The van der Waals surface area contributed by atoms with Crippen molar-refractivity contribution in [2.45, 2.75) is 58.3 Å². The Morgan fingerprint density at radius 3 is 1.31 bits per heavy atom. The molecular weight excluding hydrogens is 604 g/mol. The Hall–Kier alpha value is -4.92. The molecule has 0 amide bonds. The molecule has 0 N–H and O–H groups in total. The Morgan fingerprint density at radius 1 is 0.562 bits per heavy atom. The van der Waals surface area contributed by atoms with Crippen LogP contribution >= 0.6 is 0 Å². The van der Waals surface area contributed by atoms with Crippen LogP contribution in [0.25, 0.3) is 23.3 Å². The van der Waals surface area contributed by atoms with E-state index in [2.05, 4.69) is 12.1 Å². The van der Waals surface area contributed by atoms with Crippen LogP contribution in [-0.2, 0) is 4.74 Å². The predicted molar refractivity (Wildman–Crippen MR) is 192 cm³/mol. The summed E-state index contributed by atoms with van der Waals surface area (Å²) in [6, 6.07) is 19.3. The third-order valence-electron chi connectivity index (χ3n) is 8.12. The summed E-state index contributed by atoms with van der Waals surface area (Å²) in [5, 5.41) is 20.0. The molecule has 8 heteroatoms. The summed E-state index contributed by atoms with van der Waals surface area (Å²) < 4.78 is 33.5. The maximum Gasteiger partial charge on any atom is 0.203 e. The number of hydrogen-bond acceptors (Lipinski definition) is 8. The van der Waals surface area contributed by atoms with Gasteiger partial charge in [0.05, 0.1) is 58.3 Å². The number of rotatable bonds is 20. The molecule has 254 valence electrons. The van der Waals surface area contributed by atoms with Gasteiger partial charge in [-0.15, -0.1) is 0 Å². The molecule has 48 heavy (non-hydrogen) atoms. The highest BCUT2D eigenvalue weighted by molar-refractivity contribution is 5.93. The van der Waals surface area contributed by atoms with Crippen molar-refractivity contribution >= 4 is 23.3 Å². The van der Waals surface area contributed by atoms with Gasteiger partial charge in [0, 0.05) is 19.3 Å². The van der Waals surface area contributed by atoms with Gasteiger partial charge in [0.2, 0.25) is 5.75 Å². The van der Waals surface area contributed by atoms with Gasteiger partial charge in [0.25, 0.3) is 0 Å². The maximum atomic E-state index is 10.1. The largest absolute Gasteiger partial charge is 0.496 e. The van der Waals surface area contributed by atoms with Gasteiger partial charge in [0.15, 0.2) is 11.5 Å². The molecule has 0 radical (unpaired) electrons. The maximum absolute atomic E-state index is 10.1. The number of hydrogen-bond donors (Lipinski definition) is 0. The molecule has 0 atom stereocenters. The summed E-state index contributed by atoms with van der Waals surface area (Å²) in [6.07, 6.45) is 12.9. The van der Waals surface area contributed by atoms with E-state index in [0.717, 1.165) is 48.1 Å². The van der Waals surface area contributed by atoms with Crippen molar-refractivity contribution in [1.29, 1.82) is 10.5 Å². The lowest BCUT2D eigenvalue weighted by molar-refractivity contribution is 0.192. The van der Waals surface area contributed by atoms with Crippen LogP contribution in [0.2, 0.25) is 0 Å². The number of nitriles is 2. The topological polar surface area (TPSA) is 103 Å². The summed E-state index contributed by atoms with van der Waals surface area (Å²) in [5.74, 6) is 2.99. The average Bonchev–Trinajstić information content (AvgIpc) is 3.12. The number of methoxy groups -OCH3 is 5. The second-order valence-corrected chi connectivity index (χ2v) is 11.4. The van der Waals surface area contributed by atoms with Crippen LogP contribution in [0, 0.1) is 29.6 Å². The van der Waals surface area contributed by atoms with E-state index in [-0.39, 0.29) is 0 Å². The van der Waals surface area contributed by atoms with Gasteiger partial charge < -0.3 is 28.4 Å². The van der Waals surface area contributed by atoms with Crippen LogP contribution in [0.3, 0.4) is 0 Å². The Morgan fingerprint density at radius 2 is 0.938 bits per heavy atom. The summed E-state index contributed by atoms with van der Waals surface area (Å²) in [4.78, 5) is 0. The first-order chi connectivity index (χ1) is 23.4. The van der Waals surface area contributed by atoms with E-state index in [1.807, 2.05) is 55.5 Å². The van der Waals surface area contributed by atoms with Gasteiger partial charge in [-0.05, 0) is 78.4 Å². The monoisotopic (exact) mass is 652 g/mol. The Balaban J connectivity index is 1.71. The van der Waals surface area contributed by atoms with Crippen molar-refractivity contribution in [2.24, 2.45) is 0 Å². The number of allylic oxidation sites excluding steroid dienone is 2. The molecule has 3 aromatic rings. The highest BCUT2D eigenvalue weighted by atomic mass is 16.5. The van der Waals surface area contributed by atoms with E-state index in [1.54, 1.807) is 47.7 Å². The second kappa shape index (κ2) is 20.3. The minimum Gasteiger partial charge on any atom is -0.496 e. The number of ether oxygens (including phenoxy) is 6. The van der Waals surface area contributed by atoms with Crippen molar-refractivity contribution < 1.29 is 28.4 Å². The number of nitrogens with zero attached hydrogens (tertiary/aromatic N) is 2. The fraction of sp³-hybridized carbons (Fsp3) is 0.400. The van der Waals surface area contributed by atoms with Crippen molar-refractivity contribution in [2.75, 3.05) is 48.8 Å². The third-order valence-corrected chi connectivity index (χ3v) is 8.12. The Labute approximate surface area is 286 Å². The second-order valence-electron chi connectivity index (χ2n) is 11.4.